The fourth-order valence-corrected chi connectivity index (χ4v) is 5.31. The summed E-state index contributed by atoms with van der Waals surface area (Å²) in [6, 6.07) is 24.2. The number of rotatable bonds is 9. The maximum Gasteiger partial charge on any atom is 0.336 e. The van der Waals surface area contributed by atoms with Crippen LogP contribution in [0.3, 0.4) is 0 Å². The van der Waals surface area contributed by atoms with Crippen LogP contribution < -0.4 is 4.90 Å². The van der Waals surface area contributed by atoms with Crippen molar-refractivity contribution in [3.8, 4) is 0 Å². The molecule has 0 bridgehead atoms. The summed E-state index contributed by atoms with van der Waals surface area (Å²) in [5, 5.41) is 10.5. The molecule has 1 aromatic heterocycles. The number of aromatic carboxylic acids is 1. The third-order valence-electron chi connectivity index (χ3n) is 6.08. The Morgan fingerprint density at radius 2 is 1.73 bits per heavy atom. The smallest absolute Gasteiger partial charge is 0.336 e. The first-order valence-corrected chi connectivity index (χ1v) is 13.7. The Morgan fingerprint density at radius 3 is 2.35 bits per heavy atom. The lowest BCUT2D eigenvalue weighted by molar-refractivity contribution is 0.0693. The van der Waals surface area contributed by atoms with Crippen LogP contribution in [-0.4, -0.2) is 27.9 Å². The number of carboxylic acid groups (broad SMARTS) is 1. The van der Waals surface area contributed by atoms with Crippen LogP contribution in [0, 0.1) is 0 Å². The Kier molecular flexibility index (Phi) is 7.65. The van der Waals surface area contributed by atoms with Crippen molar-refractivity contribution in [3.05, 3.63) is 117 Å². The number of anilines is 1. The van der Waals surface area contributed by atoms with Crippen LogP contribution in [0.4, 0.5) is 5.69 Å². The zero-order valence-electron chi connectivity index (χ0n) is 19.6. The zero-order valence-corrected chi connectivity index (χ0v) is 22.8. The van der Waals surface area contributed by atoms with Gasteiger partial charge in [-0.3, -0.25) is 9.78 Å². The van der Waals surface area contributed by atoms with Gasteiger partial charge in [-0.25, -0.2) is 4.79 Å². The molecule has 5 rings (SSSR count). The van der Waals surface area contributed by atoms with Gasteiger partial charge in [0.1, 0.15) is 5.69 Å². The van der Waals surface area contributed by atoms with E-state index in [2.05, 4.69) is 25.8 Å². The summed E-state index contributed by atoms with van der Waals surface area (Å²) in [4.78, 5) is 33.4. The number of carboxylic acids is 1. The molecule has 0 saturated heterocycles. The van der Waals surface area contributed by atoms with E-state index in [9.17, 15) is 14.7 Å². The molecule has 8 heteroatoms. The molecule has 4 aromatic rings. The normalized spacial score (nSPS) is 12.8. The lowest BCUT2D eigenvalue weighted by Gasteiger charge is -2.24. The molecule has 1 aliphatic rings. The van der Waals surface area contributed by atoms with Crippen LogP contribution in [0.15, 0.2) is 99.3 Å². The Bertz CT molecular complexity index is 1440. The lowest BCUT2D eigenvalue weighted by atomic mass is 10.0. The summed E-state index contributed by atoms with van der Waals surface area (Å²) in [6.07, 6.45) is 3.96. The van der Waals surface area contributed by atoms with Gasteiger partial charge in [0.15, 0.2) is 0 Å². The van der Waals surface area contributed by atoms with Gasteiger partial charge in [0.25, 0.3) is 0 Å². The van der Waals surface area contributed by atoms with Crippen LogP contribution in [0.5, 0.6) is 0 Å². The predicted molar refractivity (Wildman–Crippen MR) is 150 cm³/mol. The fourth-order valence-electron chi connectivity index (χ4n) is 4.00. The van der Waals surface area contributed by atoms with E-state index < -0.39 is 5.97 Å². The Hall–Kier alpha value is -3.13. The molecule has 0 radical (unpaired) electrons. The molecule has 0 atom stereocenters. The minimum Gasteiger partial charge on any atom is -0.478 e. The van der Waals surface area contributed by atoms with Crippen molar-refractivity contribution in [3.63, 3.8) is 0 Å². The number of pyridine rings is 1. The summed E-state index contributed by atoms with van der Waals surface area (Å²) >= 11 is 10.8. The molecule has 186 valence electrons. The number of hydrogen-bond donors (Lipinski definition) is 1. The number of benzene rings is 3. The molecule has 1 N–H and O–H groups in total. The number of carbonyl (C=O) groups is 2. The van der Waals surface area contributed by atoms with Crippen LogP contribution in [0.25, 0.3) is 0 Å². The number of ketones is 1. The summed E-state index contributed by atoms with van der Waals surface area (Å²) < 4.78 is 0.944. The van der Waals surface area contributed by atoms with Crippen molar-refractivity contribution in [1.29, 1.82) is 0 Å². The third kappa shape index (κ3) is 6.24. The van der Waals surface area contributed by atoms with Gasteiger partial charge in [-0.05, 0) is 85.1 Å². The molecule has 0 amide bonds. The topological polar surface area (TPSA) is 70.5 Å². The van der Waals surface area contributed by atoms with E-state index in [1.165, 1.54) is 17.8 Å². The van der Waals surface area contributed by atoms with Crippen molar-refractivity contribution in [2.45, 2.75) is 35.2 Å². The fraction of sp³-hybridized carbons (Fsp3) is 0.138. The molecule has 0 spiro atoms. The molecular weight excluding hydrogens is 572 g/mol. The van der Waals surface area contributed by atoms with Crippen LogP contribution in [0.1, 0.15) is 44.8 Å². The van der Waals surface area contributed by atoms with Crippen LogP contribution in [0.2, 0.25) is 5.02 Å². The van der Waals surface area contributed by atoms with Gasteiger partial charge in [-0.15, -0.1) is 0 Å². The minimum atomic E-state index is -1.08. The highest BCUT2D eigenvalue weighted by Gasteiger charge is 2.29. The Labute approximate surface area is 232 Å². The lowest BCUT2D eigenvalue weighted by Crippen LogP contribution is -2.25. The van der Waals surface area contributed by atoms with Crippen LogP contribution >= 0.6 is 39.3 Å². The largest absolute Gasteiger partial charge is 0.478 e. The van der Waals surface area contributed by atoms with Gasteiger partial charge in [0.2, 0.25) is 5.78 Å². The molecule has 1 aliphatic carbocycles. The predicted octanol–water partition coefficient (Wildman–Crippen LogP) is 7.75. The van der Waals surface area contributed by atoms with Crippen molar-refractivity contribution in [2.75, 3.05) is 4.90 Å². The van der Waals surface area contributed by atoms with Crippen molar-refractivity contribution >= 4 is 56.7 Å². The monoisotopic (exact) mass is 592 g/mol. The summed E-state index contributed by atoms with van der Waals surface area (Å²) in [7, 11) is 0. The quantitative estimate of drug-likeness (QED) is 0.200. The minimum absolute atomic E-state index is 0.0817. The number of hydrogen-bond acceptors (Lipinski definition) is 5. The molecule has 0 aliphatic heterocycles. The molecule has 0 unspecified atom stereocenters. The molecule has 1 saturated carbocycles. The average Bonchev–Trinajstić information content (AvgIpc) is 3.75. The SMILES string of the molecule is O=C(c1ccc(Sc2ccc(Br)cc2)c(C(=O)O)c1)c1ccc(N(Cc2ccc(Cl)cc2)C2CC2)cn1. The summed E-state index contributed by atoms with van der Waals surface area (Å²) in [5.41, 5.74) is 2.74. The molecule has 3 aromatic carbocycles. The van der Waals surface area contributed by atoms with E-state index in [1.54, 1.807) is 24.4 Å². The van der Waals surface area contributed by atoms with E-state index in [1.807, 2.05) is 54.6 Å². The second-order valence-electron chi connectivity index (χ2n) is 8.79. The van der Waals surface area contributed by atoms with Gasteiger partial charge in [0.05, 0.1) is 17.4 Å². The maximum absolute atomic E-state index is 13.2. The van der Waals surface area contributed by atoms with E-state index >= 15 is 0 Å². The van der Waals surface area contributed by atoms with Gasteiger partial charge in [-0.1, -0.05) is 51.4 Å². The van der Waals surface area contributed by atoms with Gasteiger partial charge in [0, 0.05) is 37.4 Å². The zero-order chi connectivity index (χ0) is 25.9. The first kappa shape index (κ1) is 25.5. The first-order valence-electron chi connectivity index (χ1n) is 11.7. The number of halogens is 2. The second kappa shape index (κ2) is 11.1. The van der Waals surface area contributed by atoms with Crippen molar-refractivity contribution < 1.29 is 14.7 Å². The van der Waals surface area contributed by atoms with E-state index in [-0.39, 0.29) is 22.6 Å². The average molecular weight is 594 g/mol. The Morgan fingerprint density at radius 1 is 1.00 bits per heavy atom. The molecular formula is C29H22BrClN2O3S. The highest BCUT2D eigenvalue weighted by atomic mass is 79.9. The van der Waals surface area contributed by atoms with Gasteiger partial charge >= 0.3 is 5.97 Å². The molecule has 37 heavy (non-hydrogen) atoms. The van der Waals surface area contributed by atoms with E-state index in [0.717, 1.165) is 40.0 Å². The highest BCUT2D eigenvalue weighted by Crippen LogP contribution is 2.34. The van der Waals surface area contributed by atoms with Gasteiger partial charge < -0.3 is 10.0 Å². The first-order chi connectivity index (χ1) is 17.9. The standard InChI is InChI=1S/C29H22BrClN2O3S/c30-20-4-11-24(12-5-20)37-27-14-3-19(15-25(27)29(35)36)28(34)26-13-10-23(16-32-26)33(22-8-9-22)17-18-1-6-21(31)7-2-18/h1-7,10-16,22H,8-9,17H2,(H,35,36). The van der Waals surface area contributed by atoms with Gasteiger partial charge in [-0.2, -0.15) is 0 Å². The third-order valence-corrected chi connectivity index (χ3v) is 7.94. The second-order valence-corrected chi connectivity index (χ2v) is 11.3. The van der Waals surface area contributed by atoms with Crippen molar-refractivity contribution in [1.82, 2.24) is 4.98 Å². The van der Waals surface area contributed by atoms with Crippen LogP contribution in [-0.2, 0) is 6.54 Å². The maximum atomic E-state index is 13.2. The highest BCUT2D eigenvalue weighted by molar-refractivity contribution is 9.10. The summed E-state index contributed by atoms with van der Waals surface area (Å²) in [5.74, 6) is -1.40. The molecule has 5 nitrogen and oxygen atoms in total. The number of nitrogens with zero attached hydrogens (tertiary/aromatic N) is 2. The van der Waals surface area contributed by atoms with Crippen molar-refractivity contribution in [2.24, 2.45) is 0 Å². The molecule has 1 fully saturated rings. The molecule has 1 heterocycles. The van der Waals surface area contributed by atoms with E-state index in [4.69, 9.17) is 11.6 Å². The summed E-state index contributed by atoms with van der Waals surface area (Å²) in [6.45, 7) is 0.732. The number of aromatic nitrogens is 1. The number of carbonyl (C=O) groups excluding carboxylic acids is 1. The Balaban J connectivity index is 1.35. The van der Waals surface area contributed by atoms with E-state index in [0.29, 0.717) is 16.0 Å².